The van der Waals surface area contributed by atoms with E-state index in [9.17, 15) is 4.79 Å². The average molecular weight is 261 g/mol. The predicted octanol–water partition coefficient (Wildman–Crippen LogP) is 3.83. The van der Waals surface area contributed by atoms with Crippen LogP contribution in [0.25, 0.3) is 11.8 Å². The van der Waals surface area contributed by atoms with Gasteiger partial charge < -0.3 is 4.90 Å². The Labute approximate surface area is 118 Å². The van der Waals surface area contributed by atoms with Crippen LogP contribution in [0.4, 0.5) is 0 Å². The van der Waals surface area contributed by atoms with E-state index in [0.29, 0.717) is 6.54 Å². The van der Waals surface area contributed by atoms with Crippen LogP contribution >= 0.6 is 0 Å². The number of amides is 1. The summed E-state index contributed by atoms with van der Waals surface area (Å²) in [6.45, 7) is 4.26. The highest BCUT2D eigenvalue weighted by molar-refractivity contribution is 6.11. The molecule has 0 saturated heterocycles. The lowest BCUT2D eigenvalue weighted by Crippen LogP contribution is -2.22. The van der Waals surface area contributed by atoms with Gasteiger partial charge in [-0.15, -0.1) is 6.58 Å². The van der Waals surface area contributed by atoms with Crippen LogP contribution in [-0.2, 0) is 0 Å². The van der Waals surface area contributed by atoms with E-state index < -0.39 is 0 Å². The van der Waals surface area contributed by atoms with E-state index in [4.69, 9.17) is 0 Å². The second-order valence-electron chi connectivity index (χ2n) is 4.69. The van der Waals surface area contributed by atoms with Crippen LogP contribution in [0.2, 0.25) is 0 Å². The number of carbonyl (C=O) groups excluding carboxylic acids is 1. The zero-order valence-electron chi connectivity index (χ0n) is 11.1. The molecule has 0 aromatic heterocycles. The second kappa shape index (κ2) is 5.17. The quantitative estimate of drug-likeness (QED) is 0.769. The zero-order valence-corrected chi connectivity index (χ0v) is 11.1. The largest absolute Gasteiger partial charge is 0.304 e. The van der Waals surface area contributed by atoms with Gasteiger partial charge in [0.2, 0.25) is 0 Å². The van der Waals surface area contributed by atoms with Crippen molar-refractivity contribution in [2.75, 3.05) is 6.54 Å². The number of hydrogen-bond acceptors (Lipinski definition) is 1. The fraction of sp³-hybridized carbons (Fsp3) is 0.0556. The van der Waals surface area contributed by atoms with E-state index in [2.05, 4.69) is 6.58 Å². The summed E-state index contributed by atoms with van der Waals surface area (Å²) in [6, 6.07) is 17.8. The van der Waals surface area contributed by atoms with E-state index in [1.807, 2.05) is 60.7 Å². The molecule has 0 aliphatic carbocycles. The second-order valence-corrected chi connectivity index (χ2v) is 4.69. The number of nitrogens with zero attached hydrogens (tertiary/aromatic N) is 1. The summed E-state index contributed by atoms with van der Waals surface area (Å²) in [5.74, 6) is 0.0441. The Balaban J connectivity index is 2.13. The topological polar surface area (TPSA) is 20.3 Å². The molecule has 0 spiro atoms. The summed E-state index contributed by atoms with van der Waals surface area (Å²) >= 11 is 0. The Morgan fingerprint density at radius 3 is 2.30 bits per heavy atom. The Kier molecular flexibility index (Phi) is 3.21. The molecular weight excluding hydrogens is 246 g/mol. The van der Waals surface area contributed by atoms with Crippen LogP contribution in [-0.4, -0.2) is 17.4 Å². The zero-order chi connectivity index (χ0) is 13.9. The predicted molar refractivity (Wildman–Crippen MR) is 82.0 cm³/mol. The lowest BCUT2D eigenvalue weighted by molar-refractivity contribution is 0.0862. The summed E-state index contributed by atoms with van der Waals surface area (Å²) in [5.41, 5.74) is 3.78. The molecule has 0 atom stereocenters. The van der Waals surface area contributed by atoms with Gasteiger partial charge in [0, 0.05) is 17.7 Å². The van der Waals surface area contributed by atoms with Gasteiger partial charge in [0.15, 0.2) is 0 Å². The highest BCUT2D eigenvalue weighted by atomic mass is 16.2. The molecule has 1 aliphatic rings. The molecule has 1 aliphatic heterocycles. The number of fused-ring (bicyclic) bond motifs is 1. The minimum atomic E-state index is 0.0441. The van der Waals surface area contributed by atoms with Crippen molar-refractivity contribution in [2.24, 2.45) is 0 Å². The van der Waals surface area contributed by atoms with Gasteiger partial charge in [-0.25, -0.2) is 0 Å². The maximum absolute atomic E-state index is 12.4. The fourth-order valence-corrected chi connectivity index (χ4v) is 2.47. The number of benzene rings is 2. The van der Waals surface area contributed by atoms with Crippen molar-refractivity contribution in [3.8, 4) is 0 Å². The summed E-state index contributed by atoms with van der Waals surface area (Å²) in [4.78, 5) is 14.2. The lowest BCUT2D eigenvalue weighted by atomic mass is 10.1. The van der Waals surface area contributed by atoms with Crippen molar-refractivity contribution in [2.45, 2.75) is 0 Å². The van der Waals surface area contributed by atoms with E-state index >= 15 is 0 Å². The molecule has 0 unspecified atom stereocenters. The van der Waals surface area contributed by atoms with Crippen LogP contribution in [0.5, 0.6) is 0 Å². The first kappa shape index (κ1) is 12.4. The van der Waals surface area contributed by atoms with Crippen molar-refractivity contribution < 1.29 is 4.79 Å². The summed E-state index contributed by atoms with van der Waals surface area (Å²) in [6.07, 6.45) is 3.80. The SMILES string of the molecule is C=CCN1C(=O)c2ccccc2/C1=C\c1ccccc1. The Bertz CT molecular complexity index is 686. The smallest absolute Gasteiger partial charge is 0.259 e. The van der Waals surface area contributed by atoms with Crippen LogP contribution < -0.4 is 0 Å². The van der Waals surface area contributed by atoms with Crippen molar-refractivity contribution in [1.82, 2.24) is 4.90 Å². The van der Waals surface area contributed by atoms with Gasteiger partial charge in [-0.2, -0.15) is 0 Å². The Hall–Kier alpha value is -2.61. The Morgan fingerprint density at radius 1 is 0.950 bits per heavy atom. The third-order valence-corrected chi connectivity index (χ3v) is 3.38. The van der Waals surface area contributed by atoms with Gasteiger partial charge in [-0.05, 0) is 17.7 Å². The van der Waals surface area contributed by atoms with E-state index in [-0.39, 0.29) is 5.91 Å². The highest BCUT2D eigenvalue weighted by Crippen LogP contribution is 2.33. The van der Waals surface area contributed by atoms with Gasteiger partial charge in [0.25, 0.3) is 5.91 Å². The standard InChI is InChI=1S/C18H15NO/c1-2-12-19-17(13-14-8-4-3-5-9-14)15-10-6-7-11-16(15)18(19)20/h2-11,13H,1,12H2/b17-13+. The van der Waals surface area contributed by atoms with Crippen molar-refractivity contribution in [3.63, 3.8) is 0 Å². The average Bonchev–Trinajstić information content (AvgIpc) is 2.75. The molecule has 98 valence electrons. The van der Waals surface area contributed by atoms with E-state index in [1.165, 1.54) is 0 Å². The minimum Gasteiger partial charge on any atom is -0.304 e. The first-order valence-corrected chi connectivity index (χ1v) is 6.60. The summed E-state index contributed by atoms with van der Waals surface area (Å²) in [7, 11) is 0. The van der Waals surface area contributed by atoms with Crippen LogP contribution in [0.3, 0.4) is 0 Å². The molecule has 20 heavy (non-hydrogen) atoms. The maximum atomic E-state index is 12.4. The molecule has 1 heterocycles. The van der Waals surface area contributed by atoms with Crippen LogP contribution in [0, 0.1) is 0 Å². The van der Waals surface area contributed by atoms with E-state index in [1.54, 1.807) is 11.0 Å². The Morgan fingerprint density at radius 2 is 1.60 bits per heavy atom. The lowest BCUT2D eigenvalue weighted by Gasteiger charge is -2.16. The highest BCUT2D eigenvalue weighted by Gasteiger charge is 2.30. The molecular formula is C18H15NO. The normalized spacial score (nSPS) is 15.5. The molecule has 0 radical (unpaired) electrons. The molecule has 1 amide bonds. The van der Waals surface area contributed by atoms with Gasteiger partial charge in [0.05, 0.1) is 5.70 Å². The first-order chi connectivity index (χ1) is 9.81. The third kappa shape index (κ3) is 2.05. The summed E-state index contributed by atoms with van der Waals surface area (Å²) in [5, 5.41) is 0. The molecule has 2 aromatic rings. The molecule has 0 N–H and O–H groups in total. The van der Waals surface area contributed by atoms with Crippen molar-refractivity contribution >= 4 is 17.7 Å². The number of hydrogen-bond donors (Lipinski definition) is 0. The van der Waals surface area contributed by atoms with Crippen molar-refractivity contribution in [3.05, 3.63) is 83.9 Å². The van der Waals surface area contributed by atoms with Crippen LogP contribution in [0.1, 0.15) is 21.5 Å². The molecule has 3 rings (SSSR count). The minimum absolute atomic E-state index is 0.0441. The van der Waals surface area contributed by atoms with Crippen LogP contribution in [0.15, 0.2) is 67.3 Å². The van der Waals surface area contributed by atoms with Gasteiger partial charge in [0.1, 0.15) is 0 Å². The number of rotatable bonds is 3. The molecule has 2 nitrogen and oxygen atoms in total. The monoisotopic (exact) mass is 261 g/mol. The van der Waals surface area contributed by atoms with E-state index in [0.717, 1.165) is 22.4 Å². The van der Waals surface area contributed by atoms with Gasteiger partial charge in [-0.3, -0.25) is 4.79 Å². The molecule has 2 aromatic carbocycles. The van der Waals surface area contributed by atoms with Crippen molar-refractivity contribution in [1.29, 1.82) is 0 Å². The van der Waals surface area contributed by atoms with Gasteiger partial charge >= 0.3 is 0 Å². The maximum Gasteiger partial charge on any atom is 0.259 e. The summed E-state index contributed by atoms with van der Waals surface area (Å²) < 4.78 is 0. The molecule has 0 saturated carbocycles. The first-order valence-electron chi connectivity index (χ1n) is 6.60. The number of carbonyl (C=O) groups is 1. The molecule has 0 fully saturated rings. The third-order valence-electron chi connectivity index (χ3n) is 3.38. The molecule has 2 heteroatoms. The fourth-order valence-electron chi connectivity index (χ4n) is 2.47. The molecule has 0 bridgehead atoms. The van der Waals surface area contributed by atoms with Gasteiger partial charge in [-0.1, -0.05) is 54.6 Å².